The molecular formula is C14H23NS. The summed E-state index contributed by atoms with van der Waals surface area (Å²) in [5, 5.41) is 3.74. The first-order valence-electron chi connectivity index (χ1n) is 6.60. The van der Waals surface area contributed by atoms with Gasteiger partial charge in [-0.05, 0) is 37.3 Å². The van der Waals surface area contributed by atoms with E-state index in [0.717, 1.165) is 18.5 Å². The molecule has 2 atom stereocenters. The van der Waals surface area contributed by atoms with Crippen molar-refractivity contribution in [2.45, 2.75) is 58.5 Å². The zero-order valence-electron chi connectivity index (χ0n) is 10.5. The molecule has 0 aromatic carbocycles. The fraction of sp³-hybridized carbons (Fsp3) is 0.714. The van der Waals surface area contributed by atoms with Crippen LogP contribution in [0.5, 0.6) is 0 Å². The average Bonchev–Trinajstić information content (AvgIpc) is 2.76. The van der Waals surface area contributed by atoms with Crippen LogP contribution < -0.4 is 5.32 Å². The smallest absolute Gasteiger partial charge is 0.0302 e. The summed E-state index contributed by atoms with van der Waals surface area (Å²) >= 11 is 1.96. The Balaban J connectivity index is 1.81. The topological polar surface area (TPSA) is 12.0 Å². The highest BCUT2D eigenvalue weighted by Gasteiger charge is 2.20. The quantitative estimate of drug-likeness (QED) is 0.835. The number of aryl methyl sites for hydroxylation is 1. The maximum atomic E-state index is 3.74. The summed E-state index contributed by atoms with van der Waals surface area (Å²) in [6, 6.07) is 5.30. The third-order valence-electron chi connectivity index (χ3n) is 3.72. The molecule has 0 saturated heterocycles. The fourth-order valence-corrected chi connectivity index (χ4v) is 3.47. The van der Waals surface area contributed by atoms with E-state index in [2.05, 4.69) is 31.3 Å². The third-order valence-corrected chi connectivity index (χ3v) is 4.95. The van der Waals surface area contributed by atoms with E-state index in [1.807, 2.05) is 11.3 Å². The summed E-state index contributed by atoms with van der Waals surface area (Å²) in [4.78, 5) is 3.00. The lowest BCUT2D eigenvalue weighted by Gasteiger charge is -2.29. The van der Waals surface area contributed by atoms with Crippen molar-refractivity contribution in [2.24, 2.45) is 5.92 Å². The standard InChI is InChI=1S/C14H23NS/c1-3-12-8-9-13(16-12)10-15-14-7-5-4-6-11(14)2/h8-9,11,14-15H,3-7,10H2,1-2H3. The van der Waals surface area contributed by atoms with Crippen LogP contribution in [0.15, 0.2) is 12.1 Å². The van der Waals surface area contributed by atoms with Gasteiger partial charge in [0, 0.05) is 22.3 Å². The molecule has 16 heavy (non-hydrogen) atoms. The molecule has 0 bridgehead atoms. The highest BCUT2D eigenvalue weighted by atomic mass is 32.1. The molecule has 2 unspecified atom stereocenters. The number of rotatable bonds is 4. The molecule has 90 valence electrons. The minimum Gasteiger partial charge on any atom is -0.309 e. The van der Waals surface area contributed by atoms with E-state index in [4.69, 9.17) is 0 Å². The molecule has 0 aliphatic heterocycles. The van der Waals surface area contributed by atoms with Crippen molar-refractivity contribution >= 4 is 11.3 Å². The molecule has 1 aliphatic rings. The first kappa shape index (κ1) is 12.1. The van der Waals surface area contributed by atoms with Crippen molar-refractivity contribution in [1.29, 1.82) is 0 Å². The fourth-order valence-electron chi connectivity index (χ4n) is 2.56. The molecule has 2 heteroatoms. The van der Waals surface area contributed by atoms with E-state index in [1.54, 1.807) is 0 Å². The van der Waals surface area contributed by atoms with Crippen LogP contribution in [0, 0.1) is 5.92 Å². The minimum atomic E-state index is 0.751. The SMILES string of the molecule is CCc1ccc(CNC2CCCCC2C)s1. The molecule has 1 aromatic rings. The van der Waals surface area contributed by atoms with E-state index in [1.165, 1.54) is 41.9 Å². The number of hydrogen-bond acceptors (Lipinski definition) is 2. The Kier molecular flexibility index (Phi) is 4.42. The zero-order valence-corrected chi connectivity index (χ0v) is 11.3. The first-order chi connectivity index (χ1) is 7.79. The second-order valence-electron chi connectivity index (χ2n) is 4.97. The molecule has 1 nitrogen and oxygen atoms in total. The molecule has 0 spiro atoms. The Morgan fingerprint density at radius 3 is 2.69 bits per heavy atom. The second kappa shape index (κ2) is 5.83. The number of nitrogens with one attached hydrogen (secondary N) is 1. The van der Waals surface area contributed by atoms with Crippen molar-refractivity contribution in [1.82, 2.24) is 5.32 Å². The molecule has 0 amide bonds. The van der Waals surface area contributed by atoms with Crippen LogP contribution in [-0.4, -0.2) is 6.04 Å². The van der Waals surface area contributed by atoms with Crippen LogP contribution in [0.2, 0.25) is 0 Å². The van der Waals surface area contributed by atoms with Crippen LogP contribution in [0.3, 0.4) is 0 Å². The summed E-state index contributed by atoms with van der Waals surface area (Å²) in [6.07, 6.45) is 6.78. The van der Waals surface area contributed by atoms with Gasteiger partial charge in [0.1, 0.15) is 0 Å². The Bertz CT molecular complexity index is 318. The molecule has 1 heterocycles. The number of hydrogen-bond donors (Lipinski definition) is 1. The van der Waals surface area contributed by atoms with Gasteiger partial charge < -0.3 is 5.32 Å². The van der Waals surface area contributed by atoms with Gasteiger partial charge in [-0.1, -0.05) is 26.7 Å². The van der Waals surface area contributed by atoms with Gasteiger partial charge in [0.15, 0.2) is 0 Å². The monoisotopic (exact) mass is 237 g/mol. The van der Waals surface area contributed by atoms with Crippen LogP contribution in [0.1, 0.15) is 49.3 Å². The zero-order chi connectivity index (χ0) is 11.4. The molecule has 2 rings (SSSR count). The molecule has 1 aromatic heterocycles. The number of thiophene rings is 1. The van der Waals surface area contributed by atoms with Crippen molar-refractivity contribution in [3.63, 3.8) is 0 Å². The molecule has 1 saturated carbocycles. The van der Waals surface area contributed by atoms with Crippen molar-refractivity contribution in [2.75, 3.05) is 0 Å². The Morgan fingerprint density at radius 2 is 2.00 bits per heavy atom. The van der Waals surface area contributed by atoms with Crippen LogP contribution in [0.4, 0.5) is 0 Å². The molecule has 1 fully saturated rings. The lowest BCUT2D eigenvalue weighted by atomic mass is 9.86. The van der Waals surface area contributed by atoms with E-state index < -0.39 is 0 Å². The third kappa shape index (κ3) is 3.08. The van der Waals surface area contributed by atoms with Crippen LogP contribution >= 0.6 is 11.3 Å². The van der Waals surface area contributed by atoms with Gasteiger partial charge in [0.2, 0.25) is 0 Å². The first-order valence-corrected chi connectivity index (χ1v) is 7.42. The largest absolute Gasteiger partial charge is 0.309 e. The van der Waals surface area contributed by atoms with Gasteiger partial charge in [-0.2, -0.15) is 0 Å². The summed E-state index contributed by atoms with van der Waals surface area (Å²) in [5.41, 5.74) is 0. The van der Waals surface area contributed by atoms with Gasteiger partial charge in [0.25, 0.3) is 0 Å². The Morgan fingerprint density at radius 1 is 1.25 bits per heavy atom. The van der Waals surface area contributed by atoms with Crippen molar-refractivity contribution < 1.29 is 0 Å². The van der Waals surface area contributed by atoms with Crippen LogP contribution in [0.25, 0.3) is 0 Å². The lowest BCUT2D eigenvalue weighted by Crippen LogP contribution is -2.36. The molecule has 1 N–H and O–H groups in total. The summed E-state index contributed by atoms with van der Waals surface area (Å²) in [6.45, 7) is 5.69. The van der Waals surface area contributed by atoms with Gasteiger partial charge in [-0.25, -0.2) is 0 Å². The molecular weight excluding hydrogens is 214 g/mol. The highest BCUT2D eigenvalue weighted by Crippen LogP contribution is 2.24. The van der Waals surface area contributed by atoms with Gasteiger partial charge in [-0.15, -0.1) is 11.3 Å². The lowest BCUT2D eigenvalue weighted by molar-refractivity contribution is 0.280. The van der Waals surface area contributed by atoms with E-state index in [9.17, 15) is 0 Å². The van der Waals surface area contributed by atoms with Gasteiger partial charge in [-0.3, -0.25) is 0 Å². The Labute approximate surface area is 103 Å². The minimum absolute atomic E-state index is 0.751. The van der Waals surface area contributed by atoms with Crippen LogP contribution in [-0.2, 0) is 13.0 Å². The van der Waals surface area contributed by atoms with E-state index in [0.29, 0.717) is 0 Å². The normalized spacial score (nSPS) is 25.9. The summed E-state index contributed by atoms with van der Waals surface area (Å²) < 4.78 is 0. The Hall–Kier alpha value is -0.340. The van der Waals surface area contributed by atoms with Crippen molar-refractivity contribution in [3.05, 3.63) is 21.9 Å². The van der Waals surface area contributed by atoms with Crippen molar-refractivity contribution in [3.8, 4) is 0 Å². The highest BCUT2D eigenvalue weighted by molar-refractivity contribution is 7.11. The van der Waals surface area contributed by atoms with E-state index in [-0.39, 0.29) is 0 Å². The predicted molar refractivity (Wildman–Crippen MR) is 72.0 cm³/mol. The predicted octanol–water partition coefficient (Wildman–Crippen LogP) is 3.98. The second-order valence-corrected chi connectivity index (χ2v) is 6.22. The van der Waals surface area contributed by atoms with Gasteiger partial charge >= 0.3 is 0 Å². The molecule has 1 aliphatic carbocycles. The maximum Gasteiger partial charge on any atom is 0.0302 e. The average molecular weight is 237 g/mol. The summed E-state index contributed by atoms with van der Waals surface area (Å²) in [7, 11) is 0. The van der Waals surface area contributed by atoms with Gasteiger partial charge in [0.05, 0.1) is 0 Å². The van der Waals surface area contributed by atoms with E-state index >= 15 is 0 Å². The molecule has 0 radical (unpaired) electrons. The summed E-state index contributed by atoms with van der Waals surface area (Å²) in [5.74, 6) is 0.861. The maximum absolute atomic E-state index is 3.74.